The normalized spacial score (nSPS) is 25.8. The van der Waals surface area contributed by atoms with Gasteiger partial charge in [-0.25, -0.2) is 0 Å². The van der Waals surface area contributed by atoms with Crippen molar-refractivity contribution >= 4 is 17.5 Å². The molecule has 2 rings (SSSR count). The van der Waals surface area contributed by atoms with E-state index >= 15 is 0 Å². The van der Waals surface area contributed by atoms with Crippen LogP contribution in [0.5, 0.6) is 0 Å². The highest BCUT2D eigenvalue weighted by Crippen LogP contribution is 2.23. The molecule has 3 nitrogen and oxygen atoms in total. The average Bonchev–Trinajstić information content (AvgIpc) is 2.62. The summed E-state index contributed by atoms with van der Waals surface area (Å²) in [6.07, 6.45) is 1.18. The van der Waals surface area contributed by atoms with E-state index in [4.69, 9.17) is 16.0 Å². The summed E-state index contributed by atoms with van der Waals surface area (Å²) in [6, 6.07) is 3.24. The lowest BCUT2D eigenvalue weighted by atomic mass is 9.92. The van der Waals surface area contributed by atoms with Crippen LogP contribution >= 0.6 is 11.6 Å². The minimum atomic E-state index is -0.0506. The van der Waals surface area contributed by atoms with Gasteiger partial charge >= 0.3 is 0 Å². The Morgan fingerprint density at radius 1 is 1.38 bits per heavy atom. The van der Waals surface area contributed by atoms with Gasteiger partial charge in [0.1, 0.15) is 0 Å². The summed E-state index contributed by atoms with van der Waals surface area (Å²) in [7, 11) is 0. The minimum absolute atomic E-state index is 0.0506. The first-order valence-electron chi connectivity index (χ1n) is 5.61. The maximum atomic E-state index is 12.1. The van der Waals surface area contributed by atoms with Crippen LogP contribution in [0.1, 0.15) is 30.8 Å². The van der Waals surface area contributed by atoms with Gasteiger partial charge in [0.05, 0.1) is 0 Å². The van der Waals surface area contributed by atoms with Gasteiger partial charge in [0.15, 0.2) is 11.0 Å². The van der Waals surface area contributed by atoms with E-state index in [1.54, 1.807) is 12.1 Å². The van der Waals surface area contributed by atoms with E-state index in [9.17, 15) is 4.79 Å². The molecule has 1 aromatic heterocycles. The van der Waals surface area contributed by atoms with Crippen LogP contribution in [0.25, 0.3) is 0 Å². The maximum Gasteiger partial charge on any atom is 0.289 e. The molecule has 1 fully saturated rings. The molecular formula is C12H16ClNO2. The van der Waals surface area contributed by atoms with Crippen LogP contribution in [0.15, 0.2) is 16.5 Å². The van der Waals surface area contributed by atoms with Crippen molar-refractivity contribution in [2.24, 2.45) is 11.8 Å². The number of halogens is 1. The van der Waals surface area contributed by atoms with Crippen LogP contribution in [0, 0.1) is 11.8 Å². The summed E-state index contributed by atoms with van der Waals surface area (Å²) >= 11 is 5.66. The van der Waals surface area contributed by atoms with Crippen molar-refractivity contribution in [3.8, 4) is 0 Å². The van der Waals surface area contributed by atoms with Gasteiger partial charge in [-0.15, -0.1) is 0 Å². The van der Waals surface area contributed by atoms with Crippen LogP contribution in [0.2, 0.25) is 5.22 Å². The molecule has 0 N–H and O–H groups in total. The zero-order valence-corrected chi connectivity index (χ0v) is 10.3. The fourth-order valence-corrected chi connectivity index (χ4v) is 2.56. The Morgan fingerprint density at radius 2 is 2.00 bits per heavy atom. The van der Waals surface area contributed by atoms with Crippen molar-refractivity contribution in [2.75, 3.05) is 13.1 Å². The van der Waals surface area contributed by atoms with Crippen molar-refractivity contribution < 1.29 is 9.21 Å². The molecule has 4 heteroatoms. The third-order valence-corrected chi connectivity index (χ3v) is 3.14. The first kappa shape index (κ1) is 11.5. The number of rotatable bonds is 1. The molecule has 2 heterocycles. The SMILES string of the molecule is C[C@H]1C[C@H](C)CN(C(=O)c2ccc(Cl)o2)C1. The zero-order valence-electron chi connectivity index (χ0n) is 9.57. The van der Waals surface area contributed by atoms with E-state index in [1.807, 2.05) is 4.90 Å². The Kier molecular flexibility index (Phi) is 3.24. The number of piperidine rings is 1. The molecule has 0 bridgehead atoms. The number of amides is 1. The summed E-state index contributed by atoms with van der Waals surface area (Å²) in [5, 5.41) is 0.265. The molecule has 0 aliphatic carbocycles. The molecule has 1 aliphatic heterocycles. The topological polar surface area (TPSA) is 33.5 Å². The fourth-order valence-electron chi connectivity index (χ4n) is 2.41. The highest BCUT2D eigenvalue weighted by atomic mass is 35.5. The van der Waals surface area contributed by atoms with E-state index in [-0.39, 0.29) is 11.1 Å². The number of furan rings is 1. The fraction of sp³-hybridized carbons (Fsp3) is 0.583. The van der Waals surface area contributed by atoms with Crippen LogP contribution < -0.4 is 0 Å². The lowest BCUT2D eigenvalue weighted by molar-refractivity contribution is 0.0591. The third-order valence-electron chi connectivity index (χ3n) is 2.94. The van der Waals surface area contributed by atoms with Crippen LogP contribution in [-0.4, -0.2) is 23.9 Å². The van der Waals surface area contributed by atoms with E-state index in [0.717, 1.165) is 13.1 Å². The van der Waals surface area contributed by atoms with Gasteiger partial charge in [0, 0.05) is 13.1 Å². The number of hydrogen-bond acceptors (Lipinski definition) is 2. The molecule has 0 radical (unpaired) electrons. The lowest BCUT2D eigenvalue weighted by Crippen LogP contribution is -2.42. The molecule has 0 spiro atoms. The number of nitrogens with zero attached hydrogens (tertiary/aromatic N) is 1. The van der Waals surface area contributed by atoms with Gasteiger partial charge in [-0.2, -0.15) is 0 Å². The molecule has 2 atom stereocenters. The highest BCUT2D eigenvalue weighted by molar-refractivity contribution is 6.29. The summed E-state index contributed by atoms with van der Waals surface area (Å²) in [5.41, 5.74) is 0. The molecule has 1 aliphatic rings. The quantitative estimate of drug-likeness (QED) is 0.757. The minimum Gasteiger partial charge on any atom is -0.440 e. The van der Waals surface area contributed by atoms with Crippen molar-refractivity contribution in [3.63, 3.8) is 0 Å². The second kappa shape index (κ2) is 4.50. The van der Waals surface area contributed by atoms with Gasteiger partial charge in [-0.05, 0) is 42.0 Å². The molecule has 1 aromatic rings. The van der Waals surface area contributed by atoms with Crippen LogP contribution in [0.3, 0.4) is 0 Å². The Balaban J connectivity index is 2.09. The Morgan fingerprint density at radius 3 is 2.50 bits per heavy atom. The first-order valence-corrected chi connectivity index (χ1v) is 5.98. The molecule has 1 saturated heterocycles. The van der Waals surface area contributed by atoms with Crippen molar-refractivity contribution in [2.45, 2.75) is 20.3 Å². The Bertz CT molecular complexity index is 378. The number of likely N-dealkylation sites (tertiary alicyclic amines) is 1. The number of carbonyl (C=O) groups is 1. The molecule has 88 valence electrons. The van der Waals surface area contributed by atoms with Gasteiger partial charge < -0.3 is 9.32 Å². The predicted octanol–water partition coefficient (Wildman–Crippen LogP) is 3.05. The van der Waals surface area contributed by atoms with Gasteiger partial charge in [-0.1, -0.05) is 13.8 Å². The third kappa shape index (κ3) is 2.40. The van der Waals surface area contributed by atoms with Gasteiger partial charge in [0.25, 0.3) is 5.91 Å². The van der Waals surface area contributed by atoms with Crippen LogP contribution in [0.4, 0.5) is 0 Å². The summed E-state index contributed by atoms with van der Waals surface area (Å²) < 4.78 is 5.14. The molecule has 0 unspecified atom stereocenters. The Labute approximate surface area is 100 Å². The first-order chi connectivity index (χ1) is 7.56. The second-order valence-electron chi connectivity index (χ2n) is 4.76. The average molecular weight is 242 g/mol. The zero-order chi connectivity index (χ0) is 11.7. The molecular weight excluding hydrogens is 226 g/mol. The van der Waals surface area contributed by atoms with Gasteiger partial charge in [-0.3, -0.25) is 4.79 Å². The molecule has 0 saturated carbocycles. The standard InChI is InChI=1S/C12H16ClNO2/c1-8-5-9(2)7-14(6-8)12(15)10-3-4-11(13)16-10/h3-4,8-9H,5-7H2,1-2H3/t8-,9-/m0/s1. The number of hydrogen-bond donors (Lipinski definition) is 0. The van der Waals surface area contributed by atoms with Crippen molar-refractivity contribution in [3.05, 3.63) is 23.1 Å². The molecule has 0 aromatic carbocycles. The summed E-state index contributed by atoms with van der Waals surface area (Å²) in [5.74, 6) is 1.40. The lowest BCUT2D eigenvalue weighted by Gasteiger charge is -2.34. The second-order valence-corrected chi connectivity index (χ2v) is 5.13. The Hall–Kier alpha value is -0.960. The predicted molar refractivity (Wildman–Crippen MR) is 62.6 cm³/mol. The maximum absolute atomic E-state index is 12.1. The molecule has 16 heavy (non-hydrogen) atoms. The van der Waals surface area contributed by atoms with Crippen molar-refractivity contribution in [1.82, 2.24) is 4.90 Å². The van der Waals surface area contributed by atoms with Crippen LogP contribution in [-0.2, 0) is 0 Å². The van der Waals surface area contributed by atoms with Gasteiger partial charge in [0.2, 0.25) is 0 Å². The van der Waals surface area contributed by atoms with Crippen molar-refractivity contribution in [1.29, 1.82) is 0 Å². The van der Waals surface area contributed by atoms with E-state index in [0.29, 0.717) is 17.6 Å². The monoisotopic (exact) mass is 241 g/mol. The van der Waals surface area contributed by atoms with E-state index < -0.39 is 0 Å². The van der Waals surface area contributed by atoms with E-state index in [2.05, 4.69) is 13.8 Å². The van der Waals surface area contributed by atoms with E-state index in [1.165, 1.54) is 6.42 Å². The molecule has 1 amide bonds. The largest absolute Gasteiger partial charge is 0.440 e. The smallest absolute Gasteiger partial charge is 0.289 e. The highest BCUT2D eigenvalue weighted by Gasteiger charge is 2.27. The number of carbonyl (C=O) groups excluding carboxylic acids is 1. The summed E-state index contributed by atoms with van der Waals surface area (Å²) in [6.45, 7) is 5.96. The summed E-state index contributed by atoms with van der Waals surface area (Å²) in [4.78, 5) is 13.9.